The van der Waals surface area contributed by atoms with Crippen LogP contribution in [0.25, 0.3) is 0 Å². The number of hydrogen-bond acceptors (Lipinski definition) is 3. The number of benzene rings is 1. The number of carboxylic acids is 1. The third kappa shape index (κ3) is 3.31. The molecule has 1 fully saturated rings. The summed E-state index contributed by atoms with van der Waals surface area (Å²) in [6, 6.07) is 7.65. The molecule has 0 radical (unpaired) electrons. The molecule has 1 aliphatic heterocycles. The van der Waals surface area contributed by atoms with E-state index < -0.39 is 11.4 Å². The lowest BCUT2D eigenvalue weighted by atomic mass is 9.85. The van der Waals surface area contributed by atoms with Crippen LogP contribution < -0.4 is 4.74 Å². The van der Waals surface area contributed by atoms with E-state index in [1.165, 1.54) is 0 Å². The minimum atomic E-state index is -0.803. The standard InChI is InChI=1S/C16H22O4/c1-15(2,14(17)18)8-12-6-4-5-7-13(12)20-11-16(3)9-19-10-16/h4-7H,8-11H2,1-3H3,(H,17,18). The SMILES string of the molecule is CC1(COc2ccccc2CC(C)(C)C(=O)O)COC1. The molecule has 1 N–H and O–H groups in total. The Hall–Kier alpha value is -1.55. The first-order valence-electron chi connectivity index (χ1n) is 6.84. The van der Waals surface area contributed by atoms with Gasteiger partial charge in [0.25, 0.3) is 0 Å². The van der Waals surface area contributed by atoms with Crippen molar-refractivity contribution in [3.8, 4) is 5.75 Å². The van der Waals surface area contributed by atoms with Crippen molar-refractivity contribution in [3.05, 3.63) is 29.8 Å². The number of para-hydroxylation sites is 1. The van der Waals surface area contributed by atoms with Crippen molar-refractivity contribution in [2.24, 2.45) is 10.8 Å². The van der Waals surface area contributed by atoms with E-state index in [1.807, 2.05) is 24.3 Å². The molecule has 1 aromatic carbocycles. The highest BCUT2D eigenvalue weighted by molar-refractivity contribution is 5.74. The molecule has 1 aromatic rings. The molecule has 0 spiro atoms. The lowest BCUT2D eigenvalue weighted by Gasteiger charge is -2.37. The number of aliphatic carboxylic acids is 1. The second-order valence-electron chi connectivity index (χ2n) is 6.57. The van der Waals surface area contributed by atoms with Crippen LogP contribution in [-0.4, -0.2) is 30.9 Å². The van der Waals surface area contributed by atoms with Gasteiger partial charge < -0.3 is 14.6 Å². The first-order chi connectivity index (χ1) is 9.32. The molecule has 110 valence electrons. The molecule has 0 aromatic heterocycles. The van der Waals surface area contributed by atoms with Gasteiger partial charge >= 0.3 is 5.97 Å². The zero-order valence-corrected chi connectivity index (χ0v) is 12.3. The molecule has 1 saturated heterocycles. The van der Waals surface area contributed by atoms with Crippen LogP contribution >= 0.6 is 0 Å². The Balaban J connectivity index is 2.08. The summed E-state index contributed by atoms with van der Waals surface area (Å²) in [5.74, 6) is -0.0263. The Morgan fingerprint density at radius 3 is 2.60 bits per heavy atom. The number of carboxylic acid groups (broad SMARTS) is 1. The fourth-order valence-electron chi connectivity index (χ4n) is 2.13. The van der Waals surface area contributed by atoms with Crippen molar-refractivity contribution >= 4 is 5.97 Å². The Morgan fingerprint density at radius 1 is 1.40 bits per heavy atom. The van der Waals surface area contributed by atoms with Gasteiger partial charge in [-0.15, -0.1) is 0 Å². The predicted molar refractivity (Wildman–Crippen MR) is 76.0 cm³/mol. The molecule has 1 aliphatic rings. The van der Waals surface area contributed by atoms with Crippen LogP contribution in [-0.2, 0) is 16.0 Å². The maximum Gasteiger partial charge on any atom is 0.309 e. The summed E-state index contributed by atoms with van der Waals surface area (Å²) in [6.45, 7) is 7.61. The zero-order chi connectivity index (χ0) is 14.8. The Kier molecular flexibility index (Phi) is 4.04. The van der Waals surface area contributed by atoms with Gasteiger partial charge in [-0.25, -0.2) is 0 Å². The molecule has 2 rings (SSSR count). The summed E-state index contributed by atoms with van der Waals surface area (Å²) >= 11 is 0. The highest BCUT2D eigenvalue weighted by Crippen LogP contribution is 2.31. The van der Waals surface area contributed by atoms with Crippen molar-refractivity contribution in [1.82, 2.24) is 0 Å². The van der Waals surface area contributed by atoms with Gasteiger partial charge in [-0.1, -0.05) is 25.1 Å². The second kappa shape index (κ2) is 5.44. The maximum absolute atomic E-state index is 11.3. The summed E-state index contributed by atoms with van der Waals surface area (Å²) in [5, 5.41) is 9.24. The average molecular weight is 278 g/mol. The molecule has 0 atom stereocenters. The number of hydrogen-bond donors (Lipinski definition) is 1. The molecule has 4 nitrogen and oxygen atoms in total. The zero-order valence-electron chi connectivity index (χ0n) is 12.3. The van der Waals surface area contributed by atoms with Crippen LogP contribution in [0.1, 0.15) is 26.3 Å². The molecular weight excluding hydrogens is 256 g/mol. The largest absolute Gasteiger partial charge is 0.493 e. The molecule has 0 amide bonds. The summed E-state index contributed by atoms with van der Waals surface area (Å²) in [5.41, 5.74) is 0.210. The van der Waals surface area contributed by atoms with Gasteiger partial charge in [0.05, 0.1) is 25.2 Å². The van der Waals surface area contributed by atoms with Gasteiger partial charge in [-0.05, 0) is 31.9 Å². The fourth-order valence-corrected chi connectivity index (χ4v) is 2.13. The lowest BCUT2D eigenvalue weighted by Crippen LogP contribution is -2.44. The van der Waals surface area contributed by atoms with Crippen LogP contribution in [0.4, 0.5) is 0 Å². The summed E-state index contributed by atoms with van der Waals surface area (Å²) in [4.78, 5) is 11.3. The molecule has 0 aliphatic carbocycles. The highest BCUT2D eigenvalue weighted by Gasteiger charge is 2.35. The third-order valence-corrected chi connectivity index (χ3v) is 3.66. The topological polar surface area (TPSA) is 55.8 Å². The van der Waals surface area contributed by atoms with E-state index in [-0.39, 0.29) is 5.41 Å². The normalized spacial score (nSPS) is 17.4. The number of carbonyl (C=O) groups is 1. The quantitative estimate of drug-likeness (QED) is 0.869. The van der Waals surface area contributed by atoms with E-state index in [2.05, 4.69) is 6.92 Å². The van der Waals surface area contributed by atoms with Crippen molar-refractivity contribution in [1.29, 1.82) is 0 Å². The van der Waals surface area contributed by atoms with E-state index in [1.54, 1.807) is 13.8 Å². The van der Waals surface area contributed by atoms with Crippen LogP contribution in [0.5, 0.6) is 5.75 Å². The summed E-state index contributed by atoms with van der Waals surface area (Å²) < 4.78 is 11.1. The second-order valence-corrected chi connectivity index (χ2v) is 6.57. The van der Waals surface area contributed by atoms with E-state index in [0.29, 0.717) is 13.0 Å². The van der Waals surface area contributed by atoms with Crippen molar-refractivity contribution in [2.75, 3.05) is 19.8 Å². The van der Waals surface area contributed by atoms with Crippen molar-refractivity contribution in [2.45, 2.75) is 27.2 Å². The maximum atomic E-state index is 11.3. The van der Waals surface area contributed by atoms with Gasteiger partial charge in [0.15, 0.2) is 0 Å². The monoisotopic (exact) mass is 278 g/mol. The molecule has 20 heavy (non-hydrogen) atoms. The van der Waals surface area contributed by atoms with Gasteiger partial charge in [0, 0.05) is 5.41 Å². The van der Waals surface area contributed by atoms with Gasteiger partial charge in [0.2, 0.25) is 0 Å². The first kappa shape index (κ1) is 14.9. The van der Waals surface area contributed by atoms with Gasteiger partial charge in [-0.2, -0.15) is 0 Å². The van der Waals surface area contributed by atoms with E-state index in [0.717, 1.165) is 24.5 Å². The van der Waals surface area contributed by atoms with Crippen LogP contribution in [0.15, 0.2) is 24.3 Å². The van der Waals surface area contributed by atoms with Gasteiger partial charge in [0.1, 0.15) is 5.75 Å². The van der Waals surface area contributed by atoms with Crippen LogP contribution in [0.3, 0.4) is 0 Å². The van der Waals surface area contributed by atoms with Gasteiger partial charge in [-0.3, -0.25) is 4.79 Å². The fraction of sp³-hybridized carbons (Fsp3) is 0.562. The smallest absolute Gasteiger partial charge is 0.309 e. The van der Waals surface area contributed by atoms with Crippen LogP contribution in [0, 0.1) is 10.8 Å². The summed E-state index contributed by atoms with van der Waals surface area (Å²) in [6.07, 6.45) is 0.450. The lowest BCUT2D eigenvalue weighted by molar-refractivity contribution is -0.146. The Bertz CT molecular complexity index is 489. The summed E-state index contributed by atoms with van der Waals surface area (Å²) in [7, 11) is 0. The van der Waals surface area contributed by atoms with E-state index in [4.69, 9.17) is 9.47 Å². The Labute approximate surface area is 119 Å². The van der Waals surface area contributed by atoms with Crippen LogP contribution in [0.2, 0.25) is 0 Å². The minimum absolute atomic E-state index is 0.0788. The molecule has 1 heterocycles. The predicted octanol–water partition coefficient (Wildman–Crippen LogP) is 2.76. The first-order valence-corrected chi connectivity index (χ1v) is 6.84. The number of rotatable bonds is 6. The molecular formula is C16H22O4. The molecule has 0 bridgehead atoms. The molecule has 0 unspecified atom stereocenters. The average Bonchev–Trinajstić information content (AvgIpc) is 2.35. The van der Waals surface area contributed by atoms with Crippen molar-refractivity contribution in [3.63, 3.8) is 0 Å². The molecule has 0 saturated carbocycles. The van der Waals surface area contributed by atoms with E-state index >= 15 is 0 Å². The molecule has 4 heteroatoms. The van der Waals surface area contributed by atoms with Crippen molar-refractivity contribution < 1.29 is 19.4 Å². The highest BCUT2D eigenvalue weighted by atomic mass is 16.5. The number of ether oxygens (including phenoxy) is 2. The Morgan fingerprint density at radius 2 is 2.05 bits per heavy atom. The minimum Gasteiger partial charge on any atom is -0.493 e. The van der Waals surface area contributed by atoms with E-state index in [9.17, 15) is 9.90 Å². The third-order valence-electron chi connectivity index (χ3n) is 3.66.